The van der Waals surface area contributed by atoms with E-state index in [0.29, 0.717) is 23.6 Å². The predicted octanol–water partition coefficient (Wildman–Crippen LogP) is 6.20. The first-order chi connectivity index (χ1) is 17.1. The summed E-state index contributed by atoms with van der Waals surface area (Å²) < 4.78 is 11.5. The molecule has 0 saturated heterocycles. The number of thiocarbonyl (C=S) groups is 1. The number of carbonyl (C=O) groups excluding carboxylic acids is 1. The number of rotatable bonds is 6. The smallest absolute Gasteiger partial charge is 0.293 e. The third kappa shape index (κ3) is 5.54. The van der Waals surface area contributed by atoms with E-state index in [4.69, 9.17) is 21.4 Å². The van der Waals surface area contributed by atoms with Gasteiger partial charge in [-0.3, -0.25) is 15.1 Å². The van der Waals surface area contributed by atoms with Gasteiger partial charge in [-0.25, -0.2) is 0 Å². The number of benzene rings is 3. The summed E-state index contributed by atoms with van der Waals surface area (Å²) in [7, 11) is 0. The molecule has 2 aromatic heterocycles. The number of hydrogen-bond acceptors (Lipinski definition) is 5. The first-order valence-electron chi connectivity index (χ1n) is 11.0. The molecule has 7 heteroatoms. The number of ether oxygens (including phenoxy) is 1. The van der Waals surface area contributed by atoms with Crippen molar-refractivity contribution < 1.29 is 13.9 Å². The van der Waals surface area contributed by atoms with Crippen molar-refractivity contribution in [3.05, 3.63) is 115 Å². The molecule has 2 N–H and O–H groups in total. The molecule has 0 aliphatic rings. The number of aromatic nitrogens is 1. The largest absolute Gasteiger partial charge is 0.489 e. The fourth-order valence-corrected chi connectivity index (χ4v) is 3.79. The van der Waals surface area contributed by atoms with Gasteiger partial charge in [0.25, 0.3) is 5.91 Å². The average molecular weight is 480 g/mol. The van der Waals surface area contributed by atoms with Gasteiger partial charge < -0.3 is 14.5 Å². The third-order valence-electron chi connectivity index (χ3n) is 5.33. The molecule has 0 unspecified atom stereocenters. The van der Waals surface area contributed by atoms with E-state index in [1.807, 2.05) is 42.5 Å². The zero-order valence-corrected chi connectivity index (χ0v) is 19.4. The van der Waals surface area contributed by atoms with Gasteiger partial charge in [-0.1, -0.05) is 60.7 Å². The van der Waals surface area contributed by atoms with Gasteiger partial charge in [-0.15, -0.1) is 0 Å². The minimum absolute atomic E-state index is 0.155. The Labute approximate surface area is 207 Å². The minimum Gasteiger partial charge on any atom is -0.489 e. The lowest BCUT2D eigenvalue weighted by molar-refractivity contribution is 0.0953. The van der Waals surface area contributed by atoms with E-state index in [1.165, 1.54) is 5.56 Å². The third-order valence-corrected chi connectivity index (χ3v) is 5.53. The highest BCUT2D eigenvalue weighted by Gasteiger charge is 2.14. The Hall–Kier alpha value is -4.49. The molecule has 0 aliphatic carbocycles. The average Bonchev–Trinajstić information content (AvgIpc) is 3.33. The normalized spacial score (nSPS) is 10.6. The quantitative estimate of drug-likeness (QED) is 0.282. The van der Waals surface area contributed by atoms with Gasteiger partial charge in [0.05, 0.1) is 0 Å². The molecular formula is C28H21N3O3S. The fraction of sp³-hybridized carbons (Fsp3) is 0.0357. The maximum atomic E-state index is 12.5. The molecule has 35 heavy (non-hydrogen) atoms. The SMILES string of the molecule is O=C(NC(=S)Nc1cccc(OCc2ccc(-c3ccccc3)cc2)c1)c1cc2cnccc2o1. The summed E-state index contributed by atoms with van der Waals surface area (Å²) in [6.45, 7) is 0.431. The van der Waals surface area contributed by atoms with Crippen LogP contribution < -0.4 is 15.4 Å². The van der Waals surface area contributed by atoms with E-state index in [9.17, 15) is 4.79 Å². The monoisotopic (exact) mass is 479 g/mol. The van der Waals surface area contributed by atoms with Gasteiger partial charge in [-0.05, 0) is 53.2 Å². The van der Waals surface area contributed by atoms with Crippen molar-refractivity contribution in [2.45, 2.75) is 6.61 Å². The Kier molecular flexibility index (Phi) is 6.50. The van der Waals surface area contributed by atoms with Crippen molar-refractivity contribution >= 4 is 39.9 Å². The number of hydrogen-bond donors (Lipinski definition) is 2. The molecule has 1 amide bonds. The molecule has 0 bridgehead atoms. The van der Waals surface area contributed by atoms with E-state index >= 15 is 0 Å². The lowest BCUT2D eigenvalue weighted by Crippen LogP contribution is -2.33. The van der Waals surface area contributed by atoms with Crippen LogP contribution in [0.25, 0.3) is 22.1 Å². The van der Waals surface area contributed by atoms with Crippen LogP contribution in [0.4, 0.5) is 5.69 Å². The molecule has 0 saturated carbocycles. The van der Waals surface area contributed by atoms with E-state index in [1.54, 1.807) is 24.5 Å². The Morgan fingerprint density at radius 3 is 2.51 bits per heavy atom. The van der Waals surface area contributed by atoms with Crippen molar-refractivity contribution in [3.8, 4) is 16.9 Å². The highest BCUT2D eigenvalue weighted by atomic mass is 32.1. The first kappa shape index (κ1) is 22.3. The summed E-state index contributed by atoms with van der Waals surface area (Å²) in [5.41, 5.74) is 4.69. The number of carbonyl (C=O) groups is 1. The standard InChI is InChI=1S/C28H21N3O3S/c32-27(26-15-22-17-29-14-13-25(22)34-26)31-28(35)30-23-7-4-8-24(16-23)33-18-19-9-11-21(12-10-19)20-5-2-1-3-6-20/h1-17H,18H2,(H2,30,31,32,35). The molecule has 0 aliphatic heterocycles. The first-order valence-corrected chi connectivity index (χ1v) is 11.4. The molecule has 6 nitrogen and oxygen atoms in total. The fourth-order valence-electron chi connectivity index (χ4n) is 3.58. The number of amides is 1. The van der Waals surface area contributed by atoms with Crippen molar-refractivity contribution in [3.63, 3.8) is 0 Å². The highest BCUT2D eigenvalue weighted by molar-refractivity contribution is 7.80. The van der Waals surface area contributed by atoms with E-state index < -0.39 is 5.91 Å². The van der Waals surface area contributed by atoms with Crippen LogP contribution >= 0.6 is 12.2 Å². The van der Waals surface area contributed by atoms with Gasteiger partial charge in [0, 0.05) is 29.5 Å². The molecule has 0 radical (unpaired) electrons. The van der Waals surface area contributed by atoms with Crippen LogP contribution in [0.5, 0.6) is 5.75 Å². The maximum absolute atomic E-state index is 12.5. The lowest BCUT2D eigenvalue weighted by Gasteiger charge is -2.11. The molecule has 0 spiro atoms. The van der Waals surface area contributed by atoms with Crippen LogP contribution in [-0.2, 0) is 6.61 Å². The van der Waals surface area contributed by atoms with Crippen LogP contribution in [0, 0.1) is 0 Å². The molecule has 0 fully saturated rings. The molecule has 5 aromatic rings. The van der Waals surface area contributed by atoms with Gasteiger partial charge in [0.2, 0.25) is 0 Å². The van der Waals surface area contributed by atoms with Gasteiger partial charge in [0.1, 0.15) is 17.9 Å². The molecule has 2 heterocycles. The van der Waals surface area contributed by atoms with Gasteiger partial charge >= 0.3 is 0 Å². The Balaban J connectivity index is 1.16. The second kappa shape index (κ2) is 10.2. The Morgan fingerprint density at radius 1 is 0.914 bits per heavy atom. The second-order valence-electron chi connectivity index (χ2n) is 7.81. The van der Waals surface area contributed by atoms with E-state index in [-0.39, 0.29) is 10.9 Å². The Morgan fingerprint density at radius 2 is 1.71 bits per heavy atom. The lowest BCUT2D eigenvalue weighted by atomic mass is 10.0. The topological polar surface area (TPSA) is 76.4 Å². The summed E-state index contributed by atoms with van der Waals surface area (Å²) in [4.78, 5) is 16.5. The molecule has 172 valence electrons. The summed E-state index contributed by atoms with van der Waals surface area (Å²) in [6, 6.07) is 29.2. The number of fused-ring (bicyclic) bond motifs is 1. The summed E-state index contributed by atoms with van der Waals surface area (Å²) in [5.74, 6) is 0.401. The zero-order valence-electron chi connectivity index (χ0n) is 18.6. The molecular weight excluding hydrogens is 458 g/mol. The summed E-state index contributed by atoms with van der Waals surface area (Å²) >= 11 is 5.29. The Bertz CT molecular complexity index is 1450. The van der Waals surface area contributed by atoms with Crippen LogP contribution in [0.1, 0.15) is 16.1 Å². The molecule has 3 aromatic carbocycles. The minimum atomic E-state index is -0.440. The zero-order chi connectivity index (χ0) is 24.0. The van der Waals surface area contributed by atoms with Crippen molar-refractivity contribution in [2.75, 3.05) is 5.32 Å². The molecule has 0 atom stereocenters. The van der Waals surface area contributed by atoms with Crippen LogP contribution in [0.3, 0.4) is 0 Å². The molecule has 5 rings (SSSR count). The van der Waals surface area contributed by atoms with Crippen molar-refractivity contribution in [1.82, 2.24) is 10.3 Å². The van der Waals surface area contributed by atoms with Gasteiger partial charge in [0.15, 0.2) is 10.9 Å². The van der Waals surface area contributed by atoms with Crippen LogP contribution in [0.2, 0.25) is 0 Å². The second-order valence-corrected chi connectivity index (χ2v) is 8.22. The maximum Gasteiger partial charge on any atom is 0.293 e. The van der Waals surface area contributed by atoms with Crippen molar-refractivity contribution in [2.24, 2.45) is 0 Å². The van der Waals surface area contributed by atoms with Crippen LogP contribution in [0.15, 0.2) is 108 Å². The summed E-state index contributed by atoms with van der Waals surface area (Å²) in [6.07, 6.45) is 3.24. The number of nitrogens with one attached hydrogen (secondary N) is 2. The van der Waals surface area contributed by atoms with E-state index in [2.05, 4.69) is 52.0 Å². The predicted molar refractivity (Wildman–Crippen MR) is 140 cm³/mol. The number of furan rings is 1. The number of nitrogens with zero attached hydrogens (tertiary/aromatic N) is 1. The van der Waals surface area contributed by atoms with Crippen LogP contribution in [-0.4, -0.2) is 16.0 Å². The van der Waals surface area contributed by atoms with Crippen molar-refractivity contribution in [1.29, 1.82) is 0 Å². The number of pyridine rings is 1. The van der Waals surface area contributed by atoms with Gasteiger partial charge in [-0.2, -0.15) is 0 Å². The van der Waals surface area contributed by atoms with E-state index in [0.717, 1.165) is 16.5 Å². The highest BCUT2D eigenvalue weighted by Crippen LogP contribution is 2.22. The summed E-state index contributed by atoms with van der Waals surface area (Å²) in [5, 5.41) is 6.54. The number of anilines is 1.